The minimum Gasteiger partial charge on any atom is -0.423 e. The van der Waals surface area contributed by atoms with E-state index >= 15 is 0 Å². The highest BCUT2D eigenvalue weighted by Crippen LogP contribution is 2.17. The number of benzene rings is 2. The lowest BCUT2D eigenvalue weighted by molar-refractivity contribution is -0.128. The molecule has 1 N–H and O–H groups in total. The maximum Gasteiger partial charge on any atom is 0.336 e. The Kier molecular flexibility index (Phi) is 4.88. The molecule has 2 aromatic rings. The summed E-state index contributed by atoms with van der Waals surface area (Å²) >= 11 is 0. The van der Waals surface area contributed by atoms with Crippen molar-refractivity contribution in [3.63, 3.8) is 0 Å². The Balaban J connectivity index is 2.07. The molecule has 0 aromatic heterocycles. The summed E-state index contributed by atoms with van der Waals surface area (Å²) in [6.45, 7) is 1.43. The minimum absolute atomic E-state index is 0.164. The summed E-state index contributed by atoms with van der Waals surface area (Å²) < 4.78 is 5.14. The summed E-state index contributed by atoms with van der Waals surface area (Å²) in [5.41, 5.74) is 1.38. The number of rotatable bonds is 4. The molecule has 0 saturated carbocycles. The van der Waals surface area contributed by atoms with Crippen LogP contribution in [0, 0.1) is 0 Å². The molecule has 21 heavy (non-hydrogen) atoms. The molecule has 0 saturated heterocycles. The van der Waals surface area contributed by atoms with Gasteiger partial charge in [-0.15, -0.1) is 0 Å². The van der Waals surface area contributed by atoms with Crippen molar-refractivity contribution in [2.75, 3.05) is 5.32 Å². The Labute approximate surface area is 123 Å². The van der Waals surface area contributed by atoms with E-state index in [1.165, 1.54) is 13.0 Å². The normalized spacial score (nSPS) is 10.3. The highest BCUT2D eigenvalue weighted by atomic mass is 16.5. The molecule has 0 aliphatic rings. The molecule has 2 rings (SSSR count). The number of ether oxygens (including phenoxy) is 1. The third-order valence-corrected chi connectivity index (χ3v) is 2.63. The largest absolute Gasteiger partial charge is 0.423 e. The zero-order valence-electron chi connectivity index (χ0n) is 11.6. The van der Waals surface area contributed by atoms with Crippen molar-refractivity contribution in [2.45, 2.75) is 6.92 Å². The van der Waals surface area contributed by atoms with Crippen molar-refractivity contribution in [3.8, 4) is 5.75 Å². The SMILES string of the molecule is CC(=O)Nc1ccccc1/C=C/C(=O)Oc1ccccc1. The molecular weight excluding hydrogens is 266 g/mol. The van der Waals surface area contributed by atoms with Crippen LogP contribution in [-0.2, 0) is 9.59 Å². The predicted octanol–water partition coefficient (Wildman–Crippen LogP) is 3.26. The highest BCUT2D eigenvalue weighted by molar-refractivity contribution is 5.94. The third-order valence-electron chi connectivity index (χ3n) is 2.63. The fraction of sp³-hybridized carbons (Fsp3) is 0.0588. The van der Waals surface area contributed by atoms with Crippen LogP contribution in [-0.4, -0.2) is 11.9 Å². The van der Waals surface area contributed by atoms with E-state index in [2.05, 4.69) is 5.32 Å². The van der Waals surface area contributed by atoms with Crippen molar-refractivity contribution >= 4 is 23.6 Å². The van der Waals surface area contributed by atoms with E-state index in [1.54, 1.807) is 42.5 Å². The fourth-order valence-electron chi connectivity index (χ4n) is 1.74. The second-order valence-corrected chi connectivity index (χ2v) is 4.34. The number of carbonyl (C=O) groups excluding carboxylic acids is 2. The monoisotopic (exact) mass is 281 g/mol. The molecule has 0 spiro atoms. The number of nitrogens with one attached hydrogen (secondary N) is 1. The van der Waals surface area contributed by atoms with Crippen molar-refractivity contribution in [1.29, 1.82) is 0 Å². The third kappa shape index (κ3) is 4.62. The van der Waals surface area contributed by atoms with E-state index in [9.17, 15) is 9.59 Å². The number of amides is 1. The van der Waals surface area contributed by atoms with Gasteiger partial charge in [0.05, 0.1) is 0 Å². The molecule has 0 aliphatic carbocycles. The van der Waals surface area contributed by atoms with Crippen molar-refractivity contribution in [1.82, 2.24) is 0 Å². The lowest BCUT2D eigenvalue weighted by Gasteiger charge is -2.05. The second-order valence-electron chi connectivity index (χ2n) is 4.34. The van der Waals surface area contributed by atoms with Gasteiger partial charge in [-0.3, -0.25) is 4.79 Å². The Morgan fingerprint density at radius 3 is 2.38 bits per heavy atom. The van der Waals surface area contributed by atoms with Gasteiger partial charge in [0.25, 0.3) is 0 Å². The lowest BCUT2D eigenvalue weighted by Crippen LogP contribution is -2.07. The smallest absolute Gasteiger partial charge is 0.336 e. The molecule has 0 unspecified atom stereocenters. The van der Waals surface area contributed by atoms with Crippen LogP contribution >= 0.6 is 0 Å². The molecular formula is C17H15NO3. The van der Waals surface area contributed by atoms with Gasteiger partial charge in [-0.05, 0) is 29.8 Å². The lowest BCUT2D eigenvalue weighted by atomic mass is 10.1. The van der Waals surface area contributed by atoms with Crippen LogP contribution in [0.4, 0.5) is 5.69 Å². The summed E-state index contributed by atoms with van der Waals surface area (Å²) in [6.07, 6.45) is 2.93. The number of hydrogen-bond donors (Lipinski definition) is 1. The number of esters is 1. The van der Waals surface area contributed by atoms with Crippen LogP contribution in [0.25, 0.3) is 6.08 Å². The van der Waals surface area contributed by atoms with Gasteiger partial charge in [-0.2, -0.15) is 0 Å². The number of carbonyl (C=O) groups is 2. The molecule has 2 aromatic carbocycles. The van der Waals surface area contributed by atoms with Crippen LogP contribution in [0.1, 0.15) is 12.5 Å². The average molecular weight is 281 g/mol. The van der Waals surface area contributed by atoms with Gasteiger partial charge in [-0.25, -0.2) is 4.79 Å². The van der Waals surface area contributed by atoms with Crippen molar-refractivity contribution < 1.29 is 14.3 Å². The van der Waals surface area contributed by atoms with Crippen LogP contribution in [0.3, 0.4) is 0 Å². The average Bonchev–Trinajstić information content (AvgIpc) is 2.47. The maximum atomic E-state index is 11.7. The first-order chi connectivity index (χ1) is 10.1. The Bertz CT molecular complexity index is 663. The Morgan fingerprint density at radius 1 is 1.00 bits per heavy atom. The Morgan fingerprint density at radius 2 is 1.67 bits per heavy atom. The summed E-state index contributed by atoms with van der Waals surface area (Å²) in [7, 11) is 0. The van der Waals surface area contributed by atoms with Crippen molar-refractivity contribution in [3.05, 3.63) is 66.2 Å². The molecule has 1 amide bonds. The van der Waals surface area contributed by atoms with E-state index in [1.807, 2.05) is 18.2 Å². The van der Waals surface area contributed by atoms with E-state index in [4.69, 9.17) is 4.74 Å². The quantitative estimate of drug-likeness (QED) is 0.531. The van der Waals surface area contributed by atoms with Crippen LogP contribution in [0.2, 0.25) is 0 Å². The minimum atomic E-state index is -0.473. The van der Waals surface area contributed by atoms with E-state index in [-0.39, 0.29) is 5.91 Å². The van der Waals surface area contributed by atoms with E-state index in [0.29, 0.717) is 11.4 Å². The molecule has 0 aliphatic heterocycles. The van der Waals surface area contributed by atoms with Gasteiger partial charge in [0.2, 0.25) is 5.91 Å². The van der Waals surface area contributed by atoms with Crippen molar-refractivity contribution in [2.24, 2.45) is 0 Å². The van der Waals surface area contributed by atoms with Gasteiger partial charge >= 0.3 is 5.97 Å². The second kappa shape index (κ2) is 7.05. The van der Waals surface area contributed by atoms with Gasteiger partial charge in [0.15, 0.2) is 0 Å². The first kappa shape index (κ1) is 14.5. The molecule has 106 valence electrons. The number of para-hydroxylation sites is 2. The Hall–Kier alpha value is -2.88. The fourth-order valence-corrected chi connectivity index (χ4v) is 1.74. The van der Waals surface area contributed by atoms with Gasteiger partial charge in [0.1, 0.15) is 5.75 Å². The van der Waals surface area contributed by atoms with Gasteiger partial charge < -0.3 is 10.1 Å². The molecule has 0 fully saturated rings. The summed E-state index contributed by atoms with van der Waals surface area (Å²) in [5, 5.41) is 2.70. The van der Waals surface area contributed by atoms with Gasteiger partial charge in [0, 0.05) is 18.7 Å². The maximum absolute atomic E-state index is 11.7. The molecule has 4 heteroatoms. The molecule has 0 atom stereocenters. The first-order valence-corrected chi connectivity index (χ1v) is 6.47. The van der Waals surface area contributed by atoms with E-state index in [0.717, 1.165) is 5.56 Å². The molecule has 0 heterocycles. The zero-order chi connectivity index (χ0) is 15.1. The standard InChI is InChI=1S/C17H15NO3/c1-13(19)18-16-10-6-5-7-14(16)11-12-17(20)21-15-8-3-2-4-9-15/h2-12H,1H3,(H,18,19)/b12-11+. The van der Waals surface area contributed by atoms with E-state index < -0.39 is 5.97 Å². The van der Waals surface area contributed by atoms with Crippen LogP contribution in [0.15, 0.2) is 60.7 Å². The summed E-state index contributed by atoms with van der Waals surface area (Å²) in [5.74, 6) is -0.149. The first-order valence-electron chi connectivity index (χ1n) is 6.47. The number of anilines is 1. The zero-order valence-corrected chi connectivity index (χ0v) is 11.6. The van der Waals surface area contributed by atoms with Crippen LogP contribution < -0.4 is 10.1 Å². The number of hydrogen-bond acceptors (Lipinski definition) is 3. The highest BCUT2D eigenvalue weighted by Gasteiger charge is 2.02. The summed E-state index contributed by atoms with van der Waals surface area (Å²) in [4.78, 5) is 22.8. The van der Waals surface area contributed by atoms with Crippen LogP contribution in [0.5, 0.6) is 5.75 Å². The molecule has 0 radical (unpaired) electrons. The molecule has 4 nitrogen and oxygen atoms in total. The predicted molar refractivity (Wildman–Crippen MR) is 81.9 cm³/mol. The molecule has 0 bridgehead atoms. The van der Waals surface area contributed by atoms with Gasteiger partial charge in [-0.1, -0.05) is 36.4 Å². The topological polar surface area (TPSA) is 55.4 Å². The summed E-state index contributed by atoms with van der Waals surface area (Å²) in [6, 6.07) is 16.0.